The summed E-state index contributed by atoms with van der Waals surface area (Å²) in [4.78, 5) is 13.5. The Morgan fingerprint density at radius 3 is 3.00 bits per heavy atom. The maximum atomic E-state index is 11.3. The summed E-state index contributed by atoms with van der Waals surface area (Å²) in [5.41, 5.74) is 1.00. The van der Waals surface area contributed by atoms with Gasteiger partial charge in [-0.25, -0.2) is 4.79 Å². The molecule has 0 amide bonds. The molecule has 1 unspecified atom stereocenters. The molecule has 0 saturated carbocycles. The van der Waals surface area contributed by atoms with E-state index < -0.39 is 5.97 Å². The lowest BCUT2D eigenvalue weighted by molar-refractivity contribution is 0.0697. The van der Waals surface area contributed by atoms with Crippen molar-refractivity contribution in [2.75, 3.05) is 25.5 Å². The zero-order chi connectivity index (χ0) is 13.1. The average molecular weight is 313 g/mol. The quantitative estimate of drug-likeness (QED) is 0.901. The summed E-state index contributed by atoms with van der Waals surface area (Å²) in [6, 6.07) is 5.74. The van der Waals surface area contributed by atoms with E-state index in [0.29, 0.717) is 21.8 Å². The number of carboxylic acids is 1. The molecule has 1 atom stereocenters. The number of halogens is 1. The maximum absolute atomic E-state index is 11.3. The molecular formula is C13H17BrN2O2. The van der Waals surface area contributed by atoms with Crippen LogP contribution in [0.4, 0.5) is 5.69 Å². The standard InChI is InChI=1S/C13H17BrN2O2/c1-16-7-3-4-9(8-16)15-11-6-2-5-10(14)12(11)13(17)18/h2,5-6,9,15H,3-4,7-8H2,1H3,(H,17,18). The molecule has 2 N–H and O–H groups in total. The molecule has 1 saturated heterocycles. The van der Waals surface area contributed by atoms with Crippen LogP contribution in [0.2, 0.25) is 0 Å². The van der Waals surface area contributed by atoms with Crippen LogP contribution in [0.5, 0.6) is 0 Å². The second-order valence-electron chi connectivity index (χ2n) is 4.71. The van der Waals surface area contributed by atoms with Crippen LogP contribution in [0, 0.1) is 0 Å². The van der Waals surface area contributed by atoms with Crippen molar-refractivity contribution in [1.29, 1.82) is 0 Å². The largest absolute Gasteiger partial charge is 0.478 e. The zero-order valence-electron chi connectivity index (χ0n) is 10.3. The van der Waals surface area contributed by atoms with E-state index in [4.69, 9.17) is 0 Å². The van der Waals surface area contributed by atoms with E-state index in [0.717, 1.165) is 25.9 Å². The number of carbonyl (C=O) groups is 1. The summed E-state index contributed by atoms with van der Waals surface area (Å²) in [5.74, 6) is -0.908. The van der Waals surface area contributed by atoms with Crippen LogP contribution in [-0.2, 0) is 0 Å². The highest BCUT2D eigenvalue weighted by Gasteiger charge is 2.20. The van der Waals surface area contributed by atoms with Crippen molar-refractivity contribution < 1.29 is 9.90 Å². The Kier molecular flexibility index (Phi) is 4.24. The summed E-state index contributed by atoms with van der Waals surface area (Å²) < 4.78 is 0.615. The zero-order valence-corrected chi connectivity index (χ0v) is 11.9. The van der Waals surface area contributed by atoms with E-state index >= 15 is 0 Å². The van der Waals surface area contributed by atoms with Crippen LogP contribution in [0.3, 0.4) is 0 Å². The lowest BCUT2D eigenvalue weighted by atomic mass is 10.0. The molecule has 1 aliphatic heterocycles. The van der Waals surface area contributed by atoms with Gasteiger partial charge in [-0.15, -0.1) is 0 Å². The fraction of sp³-hybridized carbons (Fsp3) is 0.462. The Morgan fingerprint density at radius 2 is 2.33 bits per heavy atom. The van der Waals surface area contributed by atoms with Gasteiger partial charge in [-0.2, -0.15) is 0 Å². The molecule has 18 heavy (non-hydrogen) atoms. The molecule has 1 aromatic rings. The summed E-state index contributed by atoms with van der Waals surface area (Å²) in [6.07, 6.45) is 2.22. The lowest BCUT2D eigenvalue weighted by Crippen LogP contribution is -2.40. The van der Waals surface area contributed by atoms with Gasteiger partial charge in [0.2, 0.25) is 0 Å². The molecule has 0 aromatic heterocycles. The molecule has 1 aliphatic rings. The monoisotopic (exact) mass is 312 g/mol. The molecule has 1 fully saturated rings. The number of nitrogens with zero attached hydrogens (tertiary/aromatic N) is 1. The van der Waals surface area contributed by atoms with Crippen LogP contribution in [0.25, 0.3) is 0 Å². The summed E-state index contributed by atoms with van der Waals surface area (Å²) in [6.45, 7) is 2.06. The summed E-state index contributed by atoms with van der Waals surface area (Å²) in [7, 11) is 2.09. The predicted molar refractivity (Wildman–Crippen MR) is 75.2 cm³/mol. The highest BCUT2D eigenvalue weighted by molar-refractivity contribution is 9.10. The highest BCUT2D eigenvalue weighted by atomic mass is 79.9. The van der Waals surface area contributed by atoms with Crippen LogP contribution in [0.1, 0.15) is 23.2 Å². The normalized spacial score (nSPS) is 20.7. The van der Waals surface area contributed by atoms with Crippen molar-refractivity contribution in [2.24, 2.45) is 0 Å². The molecule has 0 radical (unpaired) electrons. The van der Waals surface area contributed by atoms with Gasteiger partial charge in [0.25, 0.3) is 0 Å². The average Bonchev–Trinajstić information content (AvgIpc) is 2.28. The molecule has 1 heterocycles. The van der Waals surface area contributed by atoms with Crippen molar-refractivity contribution in [3.63, 3.8) is 0 Å². The SMILES string of the molecule is CN1CCCC(Nc2cccc(Br)c2C(=O)O)C1. The van der Waals surface area contributed by atoms with Gasteiger partial charge >= 0.3 is 5.97 Å². The number of likely N-dealkylation sites (tertiary alicyclic amines) is 1. The van der Waals surface area contributed by atoms with Crippen molar-refractivity contribution in [2.45, 2.75) is 18.9 Å². The van der Waals surface area contributed by atoms with Crippen LogP contribution in [0.15, 0.2) is 22.7 Å². The molecule has 2 rings (SSSR count). The topological polar surface area (TPSA) is 52.6 Å². The Morgan fingerprint density at radius 1 is 1.56 bits per heavy atom. The van der Waals surface area contributed by atoms with Crippen molar-refractivity contribution in [1.82, 2.24) is 4.90 Å². The molecule has 0 aliphatic carbocycles. The minimum absolute atomic E-state index is 0.311. The van der Waals surface area contributed by atoms with Gasteiger partial charge < -0.3 is 15.3 Å². The smallest absolute Gasteiger partial charge is 0.338 e. The van der Waals surface area contributed by atoms with Gasteiger partial charge in [0.15, 0.2) is 0 Å². The Labute approximate surface area is 115 Å². The lowest BCUT2D eigenvalue weighted by Gasteiger charge is -2.31. The third-order valence-electron chi connectivity index (χ3n) is 3.21. The number of piperidine rings is 1. The second kappa shape index (κ2) is 5.71. The molecule has 0 bridgehead atoms. The minimum atomic E-state index is -0.908. The number of hydrogen-bond donors (Lipinski definition) is 2. The summed E-state index contributed by atoms with van der Waals surface area (Å²) >= 11 is 3.29. The first kappa shape index (κ1) is 13.4. The number of carboxylic acid groups (broad SMARTS) is 1. The van der Waals surface area contributed by atoms with Gasteiger partial charge in [0.1, 0.15) is 0 Å². The molecule has 4 nitrogen and oxygen atoms in total. The predicted octanol–water partition coefficient (Wildman–Crippen LogP) is 2.65. The minimum Gasteiger partial charge on any atom is -0.478 e. The number of anilines is 1. The van der Waals surface area contributed by atoms with Crippen LogP contribution >= 0.6 is 15.9 Å². The summed E-state index contributed by atoms with van der Waals surface area (Å²) in [5, 5.41) is 12.6. The Bertz CT molecular complexity index is 451. The van der Waals surface area contributed by atoms with Crippen molar-refractivity contribution in [3.8, 4) is 0 Å². The Hall–Kier alpha value is -1.07. The van der Waals surface area contributed by atoms with E-state index in [1.165, 1.54) is 0 Å². The maximum Gasteiger partial charge on any atom is 0.338 e. The van der Waals surface area contributed by atoms with Crippen LogP contribution < -0.4 is 5.32 Å². The van der Waals surface area contributed by atoms with E-state index in [2.05, 4.69) is 33.2 Å². The third-order valence-corrected chi connectivity index (χ3v) is 3.87. The van der Waals surface area contributed by atoms with E-state index in [9.17, 15) is 9.90 Å². The first-order valence-corrected chi connectivity index (χ1v) is 6.84. The first-order valence-electron chi connectivity index (χ1n) is 6.05. The van der Waals surface area contributed by atoms with Gasteiger partial charge in [-0.1, -0.05) is 6.07 Å². The number of rotatable bonds is 3. The van der Waals surface area contributed by atoms with E-state index in [-0.39, 0.29) is 0 Å². The first-order chi connectivity index (χ1) is 8.58. The van der Waals surface area contributed by atoms with Gasteiger partial charge in [-0.3, -0.25) is 0 Å². The molecular weight excluding hydrogens is 296 g/mol. The fourth-order valence-corrected chi connectivity index (χ4v) is 2.90. The van der Waals surface area contributed by atoms with Crippen molar-refractivity contribution in [3.05, 3.63) is 28.2 Å². The number of hydrogen-bond acceptors (Lipinski definition) is 3. The third kappa shape index (κ3) is 3.03. The van der Waals surface area contributed by atoms with Gasteiger partial charge in [0.05, 0.1) is 11.3 Å². The Balaban J connectivity index is 2.18. The van der Waals surface area contributed by atoms with Crippen molar-refractivity contribution >= 4 is 27.6 Å². The molecule has 1 aromatic carbocycles. The number of likely N-dealkylation sites (N-methyl/N-ethyl adjacent to an activating group) is 1. The van der Waals surface area contributed by atoms with E-state index in [1.54, 1.807) is 6.07 Å². The molecule has 98 valence electrons. The van der Waals surface area contributed by atoms with Gasteiger partial charge in [0, 0.05) is 17.1 Å². The number of nitrogens with one attached hydrogen (secondary N) is 1. The van der Waals surface area contributed by atoms with E-state index in [1.807, 2.05) is 12.1 Å². The number of benzene rings is 1. The number of aromatic carboxylic acids is 1. The second-order valence-corrected chi connectivity index (χ2v) is 5.57. The fourth-order valence-electron chi connectivity index (χ4n) is 2.37. The van der Waals surface area contributed by atoms with Gasteiger partial charge in [-0.05, 0) is 54.5 Å². The highest BCUT2D eigenvalue weighted by Crippen LogP contribution is 2.26. The molecule has 0 spiro atoms. The molecule has 5 heteroatoms. The van der Waals surface area contributed by atoms with Crippen LogP contribution in [-0.4, -0.2) is 42.2 Å².